The van der Waals surface area contributed by atoms with E-state index in [4.69, 9.17) is 14.3 Å². The average Bonchev–Trinajstić information content (AvgIpc) is 3.04. The zero-order valence-corrected chi connectivity index (χ0v) is 10.4. The van der Waals surface area contributed by atoms with E-state index in [1.807, 2.05) is 12.1 Å². The second-order valence-corrected chi connectivity index (χ2v) is 4.64. The van der Waals surface area contributed by atoms with Gasteiger partial charge in [-0.25, -0.2) is 4.79 Å². The Morgan fingerprint density at radius 3 is 2.95 bits per heavy atom. The topological polar surface area (TPSA) is 59.7 Å². The third kappa shape index (κ3) is 2.34. The number of rotatable bonds is 4. The number of fused-ring (bicyclic) bond motifs is 1. The molecule has 1 aromatic carbocycles. The molecule has 2 aromatic rings. The van der Waals surface area contributed by atoms with Gasteiger partial charge in [0.05, 0.1) is 6.26 Å². The van der Waals surface area contributed by atoms with E-state index in [-0.39, 0.29) is 12.2 Å². The smallest absolute Gasteiger partial charge is 0.339 e. The quantitative estimate of drug-likeness (QED) is 0.915. The van der Waals surface area contributed by atoms with Gasteiger partial charge in [0.2, 0.25) is 0 Å². The molecule has 0 saturated carbocycles. The number of ether oxygens (including phenoxy) is 1. The lowest BCUT2D eigenvalue weighted by Crippen LogP contribution is -2.02. The van der Waals surface area contributed by atoms with Crippen molar-refractivity contribution in [1.82, 2.24) is 0 Å². The Balaban J connectivity index is 1.72. The highest BCUT2D eigenvalue weighted by atomic mass is 16.5. The molecule has 0 saturated heterocycles. The van der Waals surface area contributed by atoms with E-state index in [9.17, 15) is 4.79 Å². The Bertz CT molecular complexity index is 612. The van der Waals surface area contributed by atoms with Gasteiger partial charge in [-0.15, -0.1) is 0 Å². The van der Waals surface area contributed by atoms with Gasteiger partial charge in [0, 0.05) is 0 Å². The molecule has 0 fully saturated rings. The third-order valence-electron chi connectivity index (χ3n) is 3.42. The highest BCUT2D eigenvalue weighted by Gasteiger charge is 2.15. The van der Waals surface area contributed by atoms with Crippen LogP contribution in [0.2, 0.25) is 0 Å². The summed E-state index contributed by atoms with van der Waals surface area (Å²) in [5, 5.41) is 8.96. The summed E-state index contributed by atoms with van der Waals surface area (Å²) < 4.78 is 10.7. The van der Waals surface area contributed by atoms with E-state index in [0.717, 1.165) is 18.6 Å². The molecule has 0 bridgehead atoms. The molecule has 3 rings (SSSR count). The fraction of sp³-hybridized carbons (Fsp3) is 0.267. The van der Waals surface area contributed by atoms with Gasteiger partial charge in [-0.3, -0.25) is 0 Å². The molecule has 1 aliphatic rings. The molecule has 0 amide bonds. The first-order valence-electron chi connectivity index (χ1n) is 6.28. The van der Waals surface area contributed by atoms with Crippen molar-refractivity contribution in [3.05, 3.63) is 53.0 Å². The molecule has 1 aliphatic carbocycles. The van der Waals surface area contributed by atoms with E-state index in [0.29, 0.717) is 5.76 Å². The molecule has 1 heterocycles. The van der Waals surface area contributed by atoms with Crippen LogP contribution < -0.4 is 4.74 Å². The number of hydrogen-bond acceptors (Lipinski definition) is 3. The first-order valence-corrected chi connectivity index (χ1v) is 6.28. The van der Waals surface area contributed by atoms with E-state index in [2.05, 4.69) is 6.07 Å². The molecule has 4 nitrogen and oxygen atoms in total. The number of carboxylic acids is 1. The zero-order chi connectivity index (χ0) is 13.2. The summed E-state index contributed by atoms with van der Waals surface area (Å²) in [4.78, 5) is 10.9. The van der Waals surface area contributed by atoms with Gasteiger partial charge in [-0.1, -0.05) is 6.07 Å². The minimum atomic E-state index is -0.999. The summed E-state index contributed by atoms with van der Waals surface area (Å²) in [6, 6.07) is 7.47. The maximum atomic E-state index is 10.9. The Morgan fingerprint density at radius 2 is 2.11 bits per heavy atom. The monoisotopic (exact) mass is 258 g/mol. The molecular weight excluding hydrogens is 244 g/mol. The van der Waals surface area contributed by atoms with Crippen molar-refractivity contribution in [2.45, 2.75) is 25.9 Å². The van der Waals surface area contributed by atoms with Crippen LogP contribution in [0, 0.1) is 0 Å². The van der Waals surface area contributed by atoms with Crippen LogP contribution in [0.4, 0.5) is 0 Å². The predicted octanol–water partition coefficient (Wildman–Crippen LogP) is 3.05. The molecule has 0 spiro atoms. The average molecular weight is 258 g/mol. The van der Waals surface area contributed by atoms with E-state index in [1.165, 1.54) is 29.9 Å². The maximum Gasteiger partial charge on any atom is 0.339 e. The van der Waals surface area contributed by atoms with E-state index >= 15 is 0 Å². The standard InChI is InChI=1S/C15H14O4/c16-15(17)13-6-7-18-14(13)9-19-12-5-4-10-2-1-3-11(10)8-12/h4-8H,1-3,9H2,(H,16,17). The first kappa shape index (κ1) is 11.8. The molecule has 4 heteroatoms. The van der Waals surface area contributed by atoms with Crippen LogP contribution in [0.25, 0.3) is 0 Å². The SMILES string of the molecule is O=C(O)c1ccoc1COc1ccc2c(c1)CCC2. The summed E-state index contributed by atoms with van der Waals surface area (Å²) in [6.07, 6.45) is 4.79. The fourth-order valence-corrected chi connectivity index (χ4v) is 2.43. The van der Waals surface area contributed by atoms with Gasteiger partial charge in [-0.05, 0) is 48.6 Å². The maximum absolute atomic E-state index is 10.9. The number of carboxylic acid groups (broad SMARTS) is 1. The normalized spacial score (nSPS) is 13.3. The number of hydrogen-bond donors (Lipinski definition) is 1. The third-order valence-corrected chi connectivity index (χ3v) is 3.42. The first-order chi connectivity index (χ1) is 9.24. The van der Waals surface area contributed by atoms with Crippen molar-refractivity contribution in [1.29, 1.82) is 0 Å². The van der Waals surface area contributed by atoms with Crippen LogP contribution in [0.3, 0.4) is 0 Å². The Hall–Kier alpha value is -2.23. The summed E-state index contributed by atoms with van der Waals surface area (Å²) in [5.41, 5.74) is 2.87. The molecule has 1 aromatic heterocycles. The summed E-state index contributed by atoms with van der Waals surface area (Å²) >= 11 is 0. The molecule has 0 atom stereocenters. The van der Waals surface area contributed by atoms with Gasteiger partial charge in [0.15, 0.2) is 5.76 Å². The van der Waals surface area contributed by atoms with Gasteiger partial charge < -0.3 is 14.3 Å². The molecule has 19 heavy (non-hydrogen) atoms. The highest BCUT2D eigenvalue weighted by Crippen LogP contribution is 2.26. The molecule has 0 aliphatic heterocycles. The van der Waals surface area contributed by atoms with Gasteiger partial charge in [0.25, 0.3) is 0 Å². The molecule has 0 unspecified atom stereocenters. The van der Waals surface area contributed by atoms with Crippen molar-refractivity contribution >= 4 is 5.97 Å². The number of furan rings is 1. The van der Waals surface area contributed by atoms with Crippen LogP contribution in [0.1, 0.15) is 33.7 Å². The summed E-state index contributed by atoms with van der Waals surface area (Å²) in [5.74, 6) is 0.0997. The zero-order valence-electron chi connectivity index (χ0n) is 10.4. The Labute approximate surface area is 110 Å². The van der Waals surface area contributed by atoms with Crippen molar-refractivity contribution in [3.8, 4) is 5.75 Å². The van der Waals surface area contributed by atoms with E-state index < -0.39 is 5.97 Å². The minimum absolute atomic E-state index is 0.132. The van der Waals surface area contributed by atoms with Gasteiger partial charge >= 0.3 is 5.97 Å². The van der Waals surface area contributed by atoms with Crippen molar-refractivity contribution < 1.29 is 19.1 Å². The van der Waals surface area contributed by atoms with Crippen LogP contribution in [-0.2, 0) is 19.4 Å². The second kappa shape index (κ2) is 4.80. The Kier molecular flexibility index (Phi) is 2.99. The van der Waals surface area contributed by atoms with Crippen molar-refractivity contribution in [2.75, 3.05) is 0 Å². The van der Waals surface area contributed by atoms with Crippen LogP contribution in [0.5, 0.6) is 5.75 Å². The number of benzene rings is 1. The molecule has 0 radical (unpaired) electrons. The minimum Gasteiger partial charge on any atom is -0.486 e. The lowest BCUT2D eigenvalue weighted by atomic mass is 10.1. The summed E-state index contributed by atoms with van der Waals surface area (Å²) in [7, 11) is 0. The number of aryl methyl sites for hydroxylation is 2. The largest absolute Gasteiger partial charge is 0.486 e. The lowest BCUT2D eigenvalue weighted by Gasteiger charge is -2.07. The van der Waals surface area contributed by atoms with Crippen molar-refractivity contribution in [2.24, 2.45) is 0 Å². The number of aromatic carboxylic acids is 1. The van der Waals surface area contributed by atoms with Crippen LogP contribution in [-0.4, -0.2) is 11.1 Å². The lowest BCUT2D eigenvalue weighted by molar-refractivity contribution is 0.0692. The van der Waals surface area contributed by atoms with Crippen LogP contribution in [0.15, 0.2) is 34.9 Å². The van der Waals surface area contributed by atoms with E-state index in [1.54, 1.807) is 0 Å². The second-order valence-electron chi connectivity index (χ2n) is 4.64. The fourth-order valence-electron chi connectivity index (χ4n) is 2.43. The number of carbonyl (C=O) groups is 1. The van der Waals surface area contributed by atoms with Gasteiger partial charge in [0.1, 0.15) is 17.9 Å². The Morgan fingerprint density at radius 1 is 1.26 bits per heavy atom. The van der Waals surface area contributed by atoms with Gasteiger partial charge in [-0.2, -0.15) is 0 Å². The van der Waals surface area contributed by atoms with Crippen LogP contribution >= 0.6 is 0 Å². The summed E-state index contributed by atoms with van der Waals surface area (Å²) in [6.45, 7) is 0.132. The molecule has 1 N–H and O–H groups in total. The molecule has 98 valence electrons. The molecular formula is C15H14O4. The predicted molar refractivity (Wildman–Crippen MR) is 68.5 cm³/mol. The van der Waals surface area contributed by atoms with Crippen molar-refractivity contribution in [3.63, 3.8) is 0 Å². The highest BCUT2D eigenvalue weighted by molar-refractivity contribution is 5.88.